The summed E-state index contributed by atoms with van der Waals surface area (Å²) < 4.78 is 0. The third kappa shape index (κ3) is 5.58. The summed E-state index contributed by atoms with van der Waals surface area (Å²) in [6.07, 6.45) is 6.78. The van der Waals surface area contributed by atoms with Crippen LogP contribution in [0.25, 0.3) is 0 Å². The second kappa shape index (κ2) is 9.21. The fraction of sp³-hybridized carbons (Fsp3) is 0.364. The lowest BCUT2D eigenvalue weighted by Crippen LogP contribution is -2.22. The Kier molecular flexibility index (Phi) is 6.47. The Morgan fingerprint density at radius 1 is 0.889 bits per heavy atom. The van der Waals surface area contributed by atoms with Crippen molar-refractivity contribution >= 4 is 28.9 Å². The van der Waals surface area contributed by atoms with Crippen LogP contribution in [-0.4, -0.2) is 17.9 Å². The summed E-state index contributed by atoms with van der Waals surface area (Å²) in [5.74, 6) is -0.274. The molecule has 0 atom stereocenters. The zero-order valence-corrected chi connectivity index (χ0v) is 15.8. The standard InChI is InChI=1S/C22H27N3O2/c1-2-21(26)24-20-10-6-7-16(15-20)22(27)25-19-13-11-18(12-14-19)23-17-8-4-3-5-9-17/h6-7,10-15,17,23H,2-5,8-9H2,1H3,(H,24,26)(H,25,27). The van der Waals surface area contributed by atoms with E-state index < -0.39 is 0 Å². The average Bonchev–Trinajstić information content (AvgIpc) is 2.70. The third-order valence-corrected chi connectivity index (χ3v) is 4.85. The Balaban J connectivity index is 1.59. The molecule has 0 saturated heterocycles. The van der Waals surface area contributed by atoms with Crippen LogP contribution in [0.2, 0.25) is 0 Å². The van der Waals surface area contributed by atoms with Crippen molar-refractivity contribution in [1.82, 2.24) is 0 Å². The molecule has 2 aromatic rings. The van der Waals surface area contributed by atoms with Gasteiger partial charge in [0.15, 0.2) is 0 Å². The zero-order valence-electron chi connectivity index (χ0n) is 15.8. The first kappa shape index (κ1) is 19.0. The number of nitrogens with one attached hydrogen (secondary N) is 3. The van der Waals surface area contributed by atoms with Crippen LogP contribution in [0, 0.1) is 0 Å². The normalized spacial score (nSPS) is 14.4. The maximum atomic E-state index is 12.5. The van der Waals surface area contributed by atoms with E-state index in [1.807, 2.05) is 24.3 Å². The Bertz CT molecular complexity index is 780. The highest BCUT2D eigenvalue weighted by Crippen LogP contribution is 2.23. The molecule has 0 spiro atoms. The summed E-state index contributed by atoms with van der Waals surface area (Å²) in [6.45, 7) is 1.79. The number of anilines is 3. The zero-order chi connectivity index (χ0) is 19.1. The summed E-state index contributed by atoms with van der Waals surface area (Å²) in [5.41, 5.74) is 2.97. The van der Waals surface area contributed by atoms with Gasteiger partial charge in [0, 0.05) is 35.1 Å². The van der Waals surface area contributed by atoms with Crippen molar-refractivity contribution in [3.05, 3.63) is 54.1 Å². The molecule has 1 saturated carbocycles. The van der Waals surface area contributed by atoms with Gasteiger partial charge in [-0.2, -0.15) is 0 Å². The molecule has 1 aliphatic carbocycles. The van der Waals surface area contributed by atoms with E-state index in [1.54, 1.807) is 31.2 Å². The molecule has 0 unspecified atom stereocenters. The van der Waals surface area contributed by atoms with Gasteiger partial charge in [0.25, 0.3) is 5.91 Å². The van der Waals surface area contributed by atoms with Crippen LogP contribution in [0.15, 0.2) is 48.5 Å². The van der Waals surface area contributed by atoms with E-state index in [9.17, 15) is 9.59 Å². The first-order valence-electron chi connectivity index (χ1n) is 9.72. The van der Waals surface area contributed by atoms with Gasteiger partial charge in [-0.25, -0.2) is 0 Å². The molecule has 1 fully saturated rings. The number of carbonyl (C=O) groups excluding carboxylic acids is 2. The number of amides is 2. The van der Waals surface area contributed by atoms with Crippen LogP contribution in [0.3, 0.4) is 0 Å². The van der Waals surface area contributed by atoms with Crippen LogP contribution >= 0.6 is 0 Å². The number of rotatable bonds is 6. The number of benzene rings is 2. The summed E-state index contributed by atoms with van der Waals surface area (Å²) in [5, 5.41) is 9.25. The van der Waals surface area contributed by atoms with Gasteiger partial charge in [0.1, 0.15) is 0 Å². The van der Waals surface area contributed by atoms with Crippen molar-refractivity contribution in [2.45, 2.75) is 51.5 Å². The minimum absolute atomic E-state index is 0.0754. The molecule has 0 radical (unpaired) electrons. The van der Waals surface area contributed by atoms with E-state index >= 15 is 0 Å². The molecular formula is C22H27N3O2. The van der Waals surface area contributed by atoms with Crippen molar-refractivity contribution in [1.29, 1.82) is 0 Å². The van der Waals surface area contributed by atoms with Crippen molar-refractivity contribution < 1.29 is 9.59 Å². The molecule has 142 valence electrons. The first-order chi connectivity index (χ1) is 13.1. The van der Waals surface area contributed by atoms with E-state index in [4.69, 9.17) is 0 Å². The second-order valence-corrected chi connectivity index (χ2v) is 6.99. The lowest BCUT2D eigenvalue weighted by molar-refractivity contribution is -0.115. The molecule has 1 aliphatic rings. The molecule has 5 heteroatoms. The molecule has 27 heavy (non-hydrogen) atoms. The first-order valence-corrected chi connectivity index (χ1v) is 9.72. The smallest absolute Gasteiger partial charge is 0.255 e. The number of hydrogen-bond donors (Lipinski definition) is 3. The van der Waals surface area contributed by atoms with Crippen LogP contribution in [0.1, 0.15) is 55.8 Å². The lowest BCUT2D eigenvalue weighted by atomic mass is 9.95. The molecule has 0 heterocycles. The Morgan fingerprint density at radius 2 is 1.59 bits per heavy atom. The van der Waals surface area contributed by atoms with E-state index in [-0.39, 0.29) is 11.8 Å². The van der Waals surface area contributed by atoms with Gasteiger partial charge in [-0.15, -0.1) is 0 Å². The van der Waals surface area contributed by atoms with Gasteiger partial charge < -0.3 is 16.0 Å². The second-order valence-electron chi connectivity index (χ2n) is 6.99. The van der Waals surface area contributed by atoms with Gasteiger partial charge in [0.05, 0.1) is 0 Å². The van der Waals surface area contributed by atoms with Crippen molar-refractivity contribution in [3.8, 4) is 0 Å². The monoisotopic (exact) mass is 365 g/mol. The van der Waals surface area contributed by atoms with Crippen molar-refractivity contribution in [2.24, 2.45) is 0 Å². The summed E-state index contributed by atoms with van der Waals surface area (Å²) >= 11 is 0. The lowest BCUT2D eigenvalue weighted by Gasteiger charge is -2.23. The number of hydrogen-bond acceptors (Lipinski definition) is 3. The van der Waals surface area contributed by atoms with Crippen LogP contribution in [0.5, 0.6) is 0 Å². The summed E-state index contributed by atoms with van der Waals surface area (Å²) in [6, 6.07) is 15.3. The van der Waals surface area contributed by atoms with E-state index in [0.717, 1.165) is 11.4 Å². The topological polar surface area (TPSA) is 70.2 Å². The van der Waals surface area contributed by atoms with Gasteiger partial charge in [-0.3, -0.25) is 9.59 Å². The average molecular weight is 365 g/mol. The minimum atomic E-state index is -0.199. The Morgan fingerprint density at radius 3 is 2.30 bits per heavy atom. The molecule has 2 aromatic carbocycles. The third-order valence-electron chi connectivity index (χ3n) is 4.85. The highest BCUT2D eigenvalue weighted by Gasteiger charge is 2.13. The molecule has 3 N–H and O–H groups in total. The van der Waals surface area contributed by atoms with Gasteiger partial charge >= 0.3 is 0 Å². The highest BCUT2D eigenvalue weighted by molar-refractivity contribution is 6.05. The minimum Gasteiger partial charge on any atom is -0.382 e. The molecule has 0 aromatic heterocycles. The predicted molar refractivity (Wildman–Crippen MR) is 110 cm³/mol. The van der Waals surface area contributed by atoms with E-state index in [0.29, 0.717) is 23.7 Å². The molecule has 2 amide bonds. The Labute approximate surface area is 160 Å². The SMILES string of the molecule is CCC(=O)Nc1cccc(C(=O)Nc2ccc(NC3CCCCC3)cc2)c1. The van der Waals surface area contributed by atoms with Gasteiger partial charge in [0.2, 0.25) is 5.91 Å². The predicted octanol–water partition coefficient (Wildman–Crippen LogP) is 5.03. The van der Waals surface area contributed by atoms with Crippen LogP contribution < -0.4 is 16.0 Å². The Hall–Kier alpha value is -2.82. The molecule has 5 nitrogen and oxygen atoms in total. The highest BCUT2D eigenvalue weighted by atomic mass is 16.2. The van der Waals surface area contributed by atoms with Gasteiger partial charge in [-0.05, 0) is 55.3 Å². The fourth-order valence-corrected chi connectivity index (χ4v) is 3.32. The van der Waals surface area contributed by atoms with Crippen molar-refractivity contribution in [2.75, 3.05) is 16.0 Å². The number of carbonyl (C=O) groups is 2. The molecular weight excluding hydrogens is 338 g/mol. The fourth-order valence-electron chi connectivity index (χ4n) is 3.32. The largest absolute Gasteiger partial charge is 0.382 e. The maximum absolute atomic E-state index is 12.5. The molecule has 3 rings (SSSR count). The van der Waals surface area contributed by atoms with Gasteiger partial charge in [-0.1, -0.05) is 32.3 Å². The quantitative estimate of drug-likeness (QED) is 0.672. The van der Waals surface area contributed by atoms with Crippen LogP contribution in [-0.2, 0) is 4.79 Å². The van der Waals surface area contributed by atoms with Crippen molar-refractivity contribution in [3.63, 3.8) is 0 Å². The van der Waals surface area contributed by atoms with E-state index in [2.05, 4.69) is 16.0 Å². The maximum Gasteiger partial charge on any atom is 0.255 e. The van der Waals surface area contributed by atoms with Crippen LogP contribution in [0.4, 0.5) is 17.1 Å². The molecule has 0 aliphatic heterocycles. The summed E-state index contributed by atoms with van der Waals surface area (Å²) in [4.78, 5) is 24.0. The molecule has 0 bridgehead atoms. The summed E-state index contributed by atoms with van der Waals surface area (Å²) in [7, 11) is 0. The van der Waals surface area contributed by atoms with E-state index in [1.165, 1.54) is 32.1 Å².